The smallest absolute Gasteiger partial charge is 0.136 e. The van der Waals surface area contributed by atoms with Crippen LogP contribution >= 0.6 is 0 Å². The molecule has 0 heterocycles. The number of benzene rings is 4. The van der Waals surface area contributed by atoms with Crippen molar-refractivity contribution >= 4 is 21.8 Å². The zero-order chi connectivity index (χ0) is 39.4. The van der Waals surface area contributed by atoms with Gasteiger partial charge in [0.25, 0.3) is 0 Å². The Labute approximate surface area is 334 Å². The quantitative estimate of drug-likeness (QED) is 0.0791. The summed E-state index contributed by atoms with van der Waals surface area (Å²) in [6.45, 7) is 24.4. The number of rotatable bonds is 21. The van der Waals surface area contributed by atoms with Crippen LogP contribution in [0.1, 0.15) is 108 Å². The Morgan fingerprint density at radius 1 is 0.389 bits per heavy atom. The van der Waals surface area contributed by atoms with Gasteiger partial charge in [-0.1, -0.05) is 45.0 Å². The van der Waals surface area contributed by atoms with E-state index in [1.54, 1.807) is 0 Å². The van der Waals surface area contributed by atoms with Crippen LogP contribution in [0.4, 0.5) is 0 Å². The topological polar surface area (TPSA) is 36.9 Å². The van der Waals surface area contributed by atoms with Gasteiger partial charge < -0.3 is 18.9 Å². The molecule has 4 rings (SSSR count). The van der Waals surface area contributed by atoms with Crippen molar-refractivity contribution < 1.29 is 18.9 Å². The lowest BCUT2D eigenvalue weighted by Crippen LogP contribution is -2.13. The molecule has 0 aliphatic rings. The Morgan fingerprint density at radius 3 is 0.963 bits per heavy atom. The van der Waals surface area contributed by atoms with Gasteiger partial charge in [-0.3, -0.25) is 0 Å². The van der Waals surface area contributed by atoms with Gasteiger partial charge in [0.2, 0.25) is 0 Å². The number of hydrogen-bond acceptors (Lipinski definition) is 4. The van der Waals surface area contributed by atoms with Crippen LogP contribution in [-0.4, -0.2) is 38.9 Å². The molecule has 6 heteroatoms. The van der Waals surface area contributed by atoms with Gasteiger partial charge in [0.05, 0.1) is 38.9 Å². The maximum atomic E-state index is 6.76. The summed E-state index contributed by atoms with van der Waals surface area (Å²) >= 11 is 0. The minimum atomic E-state index is 0.0948. The fourth-order valence-corrected chi connectivity index (χ4v) is 10.8. The van der Waals surface area contributed by atoms with Crippen LogP contribution in [0.3, 0.4) is 0 Å². The molecule has 2 unspecified atom stereocenters. The zero-order valence-corrected chi connectivity index (χ0v) is 37.2. The standard InChI is InChI=1S/C48H68O4S2/c1-13-37-21-33(7)45(49-16-4)41(25-37)29-53(11)31-43-27-39(15-3)23-35(9)48(43)52-20-19-40-24-36(10)47(51-18-6)44(28-40)32-54(12)30-42-26-38(14-2)22-34(8)46(42)50-17-5/h21-28H,13-20,29-32H2,1-12H3/q+2. The largest absolute Gasteiger partial charge is 0.493 e. The van der Waals surface area contributed by atoms with Gasteiger partial charge in [0, 0.05) is 28.7 Å². The van der Waals surface area contributed by atoms with Crippen LogP contribution in [0.15, 0.2) is 48.5 Å². The Kier molecular flexibility index (Phi) is 17.1. The summed E-state index contributed by atoms with van der Waals surface area (Å²) in [7, 11) is 0.201. The van der Waals surface area contributed by atoms with Crippen LogP contribution < -0.4 is 18.9 Å². The molecule has 0 amide bonds. The van der Waals surface area contributed by atoms with Crippen LogP contribution in [0.5, 0.6) is 23.0 Å². The van der Waals surface area contributed by atoms with Crippen molar-refractivity contribution in [3.63, 3.8) is 0 Å². The lowest BCUT2D eigenvalue weighted by atomic mass is 10.0. The molecule has 4 aromatic carbocycles. The van der Waals surface area contributed by atoms with Gasteiger partial charge in [-0.2, -0.15) is 0 Å². The molecule has 4 nitrogen and oxygen atoms in total. The van der Waals surface area contributed by atoms with E-state index >= 15 is 0 Å². The van der Waals surface area contributed by atoms with E-state index in [0.29, 0.717) is 26.4 Å². The van der Waals surface area contributed by atoms with Gasteiger partial charge >= 0.3 is 0 Å². The molecular weight excluding hydrogens is 705 g/mol. The van der Waals surface area contributed by atoms with E-state index in [4.69, 9.17) is 18.9 Å². The summed E-state index contributed by atoms with van der Waals surface area (Å²) in [5.41, 5.74) is 15.6. The third kappa shape index (κ3) is 11.6. The van der Waals surface area contributed by atoms with Gasteiger partial charge in [-0.25, -0.2) is 0 Å². The molecule has 0 saturated carbocycles. The molecule has 0 aliphatic heterocycles. The number of aryl methyl sites for hydroxylation is 7. The van der Waals surface area contributed by atoms with Crippen molar-refractivity contribution in [1.82, 2.24) is 0 Å². The van der Waals surface area contributed by atoms with Crippen LogP contribution in [0, 0.1) is 27.7 Å². The molecule has 294 valence electrons. The molecule has 0 fully saturated rings. The minimum absolute atomic E-state index is 0.0948. The Hall–Kier alpha value is -3.22. The lowest BCUT2D eigenvalue weighted by Gasteiger charge is -2.18. The van der Waals surface area contributed by atoms with Crippen molar-refractivity contribution in [2.75, 3.05) is 38.9 Å². The van der Waals surface area contributed by atoms with Gasteiger partial charge in [0.1, 0.15) is 46.0 Å². The van der Waals surface area contributed by atoms with Crippen molar-refractivity contribution in [2.45, 2.75) is 118 Å². The lowest BCUT2D eigenvalue weighted by molar-refractivity contribution is 0.316. The highest BCUT2D eigenvalue weighted by atomic mass is 32.2. The van der Waals surface area contributed by atoms with Crippen LogP contribution in [-0.2, 0) is 70.5 Å². The van der Waals surface area contributed by atoms with Gasteiger partial charge in [-0.05, 0) is 158 Å². The fraction of sp³-hybridized carbons (Fsp3) is 0.500. The SMILES string of the molecule is CCOc1c(C)cc(CC)cc1C[S+](C)Cc1cc(CCOc2c(C)cc(CC)cc2C[S+](C)Cc2cc(CC)cc(C)c2OCC)cc(C)c1OCC. The first kappa shape index (κ1) is 43.5. The monoisotopic (exact) mass is 772 g/mol. The molecule has 54 heavy (non-hydrogen) atoms. The van der Waals surface area contributed by atoms with Crippen molar-refractivity contribution in [3.8, 4) is 23.0 Å². The first-order valence-corrected chi connectivity index (χ1v) is 24.1. The third-order valence-corrected chi connectivity index (χ3v) is 13.2. The summed E-state index contributed by atoms with van der Waals surface area (Å²) in [6.07, 6.45) is 8.70. The van der Waals surface area contributed by atoms with E-state index in [9.17, 15) is 0 Å². The molecule has 0 spiro atoms. The number of hydrogen-bond donors (Lipinski definition) is 0. The molecule has 0 N–H and O–H groups in total. The highest BCUT2D eigenvalue weighted by Crippen LogP contribution is 2.34. The number of ether oxygens (including phenoxy) is 4. The van der Waals surface area contributed by atoms with Crippen LogP contribution in [0.2, 0.25) is 0 Å². The summed E-state index contributed by atoms with van der Waals surface area (Å²) < 4.78 is 25.4. The van der Waals surface area contributed by atoms with Crippen LogP contribution in [0.25, 0.3) is 0 Å². The Balaban J connectivity index is 1.53. The molecule has 2 atom stereocenters. The maximum absolute atomic E-state index is 6.76. The van der Waals surface area contributed by atoms with Crippen molar-refractivity contribution in [1.29, 1.82) is 0 Å². The third-order valence-electron chi connectivity index (χ3n) is 9.98. The molecule has 0 aliphatic carbocycles. The van der Waals surface area contributed by atoms with Crippen molar-refractivity contribution in [2.24, 2.45) is 0 Å². The average Bonchev–Trinajstić information content (AvgIpc) is 3.13. The predicted octanol–water partition coefficient (Wildman–Crippen LogP) is 11.3. The van der Waals surface area contributed by atoms with Gasteiger partial charge in [-0.15, -0.1) is 0 Å². The van der Waals surface area contributed by atoms with E-state index in [1.165, 1.54) is 66.8 Å². The molecule has 0 saturated heterocycles. The second-order valence-corrected chi connectivity index (χ2v) is 19.0. The van der Waals surface area contributed by atoms with E-state index in [-0.39, 0.29) is 21.8 Å². The summed E-state index contributed by atoms with van der Waals surface area (Å²) in [6, 6.07) is 18.7. The average molecular weight is 773 g/mol. The normalized spacial score (nSPS) is 12.4. The van der Waals surface area contributed by atoms with Gasteiger partial charge in [0.15, 0.2) is 0 Å². The Bertz CT molecular complexity index is 1830. The molecule has 0 aromatic heterocycles. The first-order chi connectivity index (χ1) is 25.9. The highest BCUT2D eigenvalue weighted by molar-refractivity contribution is 7.94. The van der Waals surface area contributed by atoms with Crippen molar-refractivity contribution in [3.05, 3.63) is 115 Å². The predicted molar refractivity (Wildman–Crippen MR) is 237 cm³/mol. The van der Waals surface area contributed by atoms with E-state index < -0.39 is 0 Å². The summed E-state index contributed by atoms with van der Waals surface area (Å²) in [5, 5.41) is 0. The highest BCUT2D eigenvalue weighted by Gasteiger charge is 2.24. The summed E-state index contributed by atoms with van der Waals surface area (Å²) in [4.78, 5) is 0. The molecular formula is C48H68O4S2+2. The second-order valence-electron chi connectivity index (χ2n) is 14.7. The fourth-order valence-electron chi connectivity index (χ4n) is 7.59. The van der Waals surface area contributed by atoms with E-state index in [2.05, 4.69) is 130 Å². The van der Waals surface area contributed by atoms with E-state index in [0.717, 1.165) is 71.7 Å². The minimum Gasteiger partial charge on any atom is -0.493 e. The van der Waals surface area contributed by atoms with E-state index in [1.807, 2.05) is 0 Å². The molecule has 4 aromatic rings. The molecule has 0 radical (unpaired) electrons. The second kappa shape index (κ2) is 21.2. The first-order valence-electron chi connectivity index (χ1n) is 20.1. The Morgan fingerprint density at radius 2 is 0.667 bits per heavy atom. The summed E-state index contributed by atoms with van der Waals surface area (Å²) in [5.74, 6) is 8.19. The molecule has 0 bridgehead atoms. The zero-order valence-electron chi connectivity index (χ0n) is 35.6. The maximum Gasteiger partial charge on any atom is 0.136 e.